The number of alkyl halides is 6. The zero-order chi connectivity index (χ0) is 30.0. The minimum absolute atomic E-state index is 0.0225. The van der Waals surface area contributed by atoms with E-state index >= 15 is 0 Å². The summed E-state index contributed by atoms with van der Waals surface area (Å²) >= 11 is 0. The van der Waals surface area contributed by atoms with E-state index in [2.05, 4.69) is 5.10 Å². The molecule has 0 aromatic heterocycles. The number of halogens is 7. The first kappa shape index (κ1) is 33.4. The standard InChI is InChI=1S/C28H32F7N3O/c1-6-9-10-11-38(17-25(26(36)39)20(8-3)15-24(29)12-18(4)7-2)37-19(5)21-13-22(27(30,31)32)16-23(14-21)28(33,34)35/h8,10-17H,6-7,9H2,1-5H3,(H2,36,39)/b11-10+,18-12?,20-8+,24-15+,25-17-,37-19+. The van der Waals surface area contributed by atoms with Crippen LogP contribution in [0.1, 0.15) is 70.6 Å². The van der Waals surface area contributed by atoms with Gasteiger partial charge in [0.1, 0.15) is 5.83 Å². The van der Waals surface area contributed by atoms with Gasteiger partial charge in [0.05, 0.1) is 22.4 Å². The van der Waals surface area contributed by atoms with E-state index in [1.165, 1.54) is 25.3 Å². The summed E-state index contributed by atoms with van der Waals surface area (Å²) in [6, 6.07) is 1.13. The van der Waals surface area contributed by atoms with Crippen molar-refractivity contribution in [2.45, 2.75) is 66.2 Å². The number of benzene rings is 1. The van der Waals surface area contributed by atoms with Gasteiger partial charge in [0.2, 0.25) is 0 Å². The number of carbonyl (C=O) groups is 1. The Morgan fingerprint density at radius 2 is 1.56 bits per heavy atom. The Morgan fingerprint density at radius 3 is 2.00 bits per heavy atom. The molecule has 1 aromatic carbocycles. The molecule has 2 N–H and O–H groups in total. The lowest BCUT2D eigenvalue weighted by Gasteiger charge is -2.17. The van der Waals surface area contributed by atoms with Gasteiger partial charge in [0, 0.05) is 12.4 Å². The number of allylic oxidation sites excluding steroid dienone is 6. The maximum Gasteiger partial charge on any atom is 0.416 e. The molecular weight excluding hydrogens is 527 g/mol. The molecule has 0 spiro atoms. The molecule has 1 amide bonds. The molecule has 11 heteroatoms. The van der Waals surface area contributed by atoms with Gasteiger partial charge in [-0.05, 0) is 75.1 Å². The van der Waals surface area contributed by atoms with Gasteiger partial charge in [0.15, 0.2) is 0 Å². The number of nitrogens with zero attached hydrogens (tertiary/aromatic N) is 2. The van der Waals surface area contributed by atoms with Crippen LogP contribution in [0.3, 0.4) is 0 Å². The van der Waals surface area contributed by atoms with Gasteiger partial charge in [-0.3, -0.25) is 4.79 Å². The fourth-order valence-corrected chi connectivity index (χ4v) is 3.11. The van der Waals surface area contributed by atoms with Crippen LogP contribution in [0, 0.1) is 0 Å². The predicted molar refractivity (Wildman–Crippen MR) is 139 cm³/mol. The van der Waals surface area contributed by atoms with Gasteiger partial charge in [-0.15, -0.1) is 0 Å². The van der Waals surface area contributed by atoms with Crippen LogP contribution in [0.5, 0.6) is 0 Å². The summed E-state index contributed by atoms with van der Waals surface area (Å²) in [5.41, 5.74) is 2.56. The third kappa shape index (κ3) is 10.9. The van der Waals surface area contributed by atoms with Crippen molar-refractivity contribution in [1.29, 1.82) is 0 Å². The molecule has 0 bridgehead atoms. The second-order valence-corrected chi connectivity index (χ2v) is 8.56. The number of unbranched alkanes of at least 4 members (excludes halogenated alkanes) is 1. The second kappa shape index (κ2) is 14.5. The number of hydrazone groups is 1. The fraction of sp³-hybridized carbons (Fsp3) is 0.357. The highest BCUT2D eigenvalue weighted by Gasteiger charge is 2.37. The van der Waals surface area contributed by atoms with Crippen molar-refractivity contribution in [3.05, 3.63) is 94.1 Å². The van der Waals surface area contributed by atoms with Crippen LogP contribution in [0.2, 0.25) is 0 Å². The van der Waals surface area contributed by atoms with Gasteiger partial charge in [0.25, 0.3) is 5.91 Å². The third-order valence-corrected chi connectivity index (χ3v) is 5.37. The molecular formula is C28H32F7N3O. The number of amides is 1. The first-order chi connectivity index (χ1) is 18.0. The molecule has 39 heavy (non-hydrogen) atoms. The molecule has 1 rings (SSSR count). The normalized spacial score (nSPS) is 14.8. The Labute approximate surface area is 223 Å². The van der Waals surface area contributed by atoms with Crippen molar-refractivity contribution in [1.82, 2.24) is 5.01 Å². The smallest absolute Gasteiger partial charge is 0.366 e. The van der Waals surface area contributed by atoms with Gasteiger partial charge in [-0.2, -0.15) is 31.4 Å². The molecule has 0 radical (unpaired) electrons. The summed E-state index contributed by atoms with van der Waals surface area (Å²) in [5.74, 6) is -1.60. The van der Waals surface area contributed by atoms with Crippen molar-refractivity contribution in [2.75, 3.05) is 0 Å². The van der Waals surface area contributed by atoms with E-state index in [4.69, 9.17) is 5.73 Å². The summed E-state index contributed by atoms with van der Waals surface area (Å²) in [5, 5.41) is 5.18. The van der Waals surface area contributed by atoms with Crippen LogP contribution < -0.4 is 5.73 Å². The average molecular weight is 560 g/mol. The molecule has 0 aliphatic carbocycles. The Hall–Kier alpha value is -3.63. The molecule has 214 valence electrons. The number of carbonyl (C=O) groups excluding carboxylic acids is 1. The first-order valence-corrected chi connectivity index (χ1v) is 12.1. The molecule has 0 aliphatic rings. The predicted octanol–water partition coefficient (Wildman–Crippen LogP) is 8.59. The lowest BCUT2D eigenvalue weighted by Crippen LogP contribution is -2.18. The van der Waals surface area contributed by atoms with Crippen LogP contribution in [-0.2, 0) is 17.1 Å². The van der Waals surface area contributed by atoms with E-state index in [9.17, 15) is 35.5 Å². The van der Waals surface area contributed by atoms with Crippen LogP contribution in [-0.4, -0.2) is 16.6 Å². The number of nitrogens with two attached hydrogens (primary N) is 1. The van der Waals surface area contributed by atoms with Gasteiger partial charge in [-0.25, -0.2) is 9.40 Å². The topological polar surface area (TPSA) is 58.7 Å². The van der Waals surface area contributed by atoms with Crippen molar-refractivity contribution in [2.24, 2.45) is 10.8 Å². The molecule has 1 aromatic rings. The van der Waals surface area contributed by atoms with Gasteiger partial charge >= 0.3 is 12.4 Å². The lowest BCUT2D eigenvalue weighted by atomic mass is 10.0. The number of rotatable bonds is 11. The van der Waals surface area contributed by atoms with E-state index in [0.29, 0.717) is 25.0 Å². The zero-order valence-corrected chi connectivity index (χ0v) is 22.3. The fourth-order valence-electron chi connectivity index (χ4n) is 3.11. The van der Waals surface area contributed by atoms with Crippen molar-refractivity contribution in [3.63, 3.8) is 0 Å². The monoisotopic (exact) mass is 559 g/mol. The Balaban J connectivity index is 3.76. The number of primary amides is 1. The largest absolute Gasteiger partial charge is 0.416 e. The van der Waals surface area contributed by atoms with Crippen LogP contribution in [0.15, 0.2) is 82.6 Å². The van der Waals surface area contributed by atoms with E-state index in [1.807, 2.05) is 13.8 Å². The van der Waals surface area contributed by atoms with Crippen LogP contribution in [0.25, 0.3) is 0 Å². The Bertz CT molecular complexity index is 1170. The molecule has 0 heterocycles. The first-order valence-electron chi connectivity index (χ1n) is 12.1. The molecule has 0 fully saturated rings. The van der Waals surface area contributed by atoms with Crippen LogP contribution in [0.4, 0.5) is 30.7 Å². The lowest BCUT2D eigenvalue weighted by molar-refractivity contribution is -0.143. The number of hydrogen-bond donors (Lipinski definition) is 1. The molecule has 0 unspecified atom stereocenters. The Morgan fingerprint density at radius 1 is 1.00 bits per heavy atom. The molecule has 4 nitrogen and oxygen atoms in total. The minimum Gasteiger partial charge on any atom is -0.366 e. The molecule has 0 aliphatic heterocycles. The third-order valence-electron chi connectivity index (χ3n) is 5.37. The minimum atomic E-state index is -5.03. The number of hydrogen-bond acceptors (Lipinski definition) is 3. The van der Waals surface area contributed by atoms with E-state index in [-0.39, 0.29) is 22.9 Å². The molecule has 0 saturated carbocycles. The van der Waals surface area contributed by atoms with Crippen molar-refractivity contribution < 1.29 is 35.5 Å². The average Bonchev–Trinajstić information content (AvgIpc) is 2.84. The van der Waals surface area contributed by atoms with E-state index in [1.54, 1.807) is 19.9 Å². The quantitative estimate of drug-likeness (QED) is 0.0971. The summed E-state index contributed by atoms with van der Waals surface area (Å²) in [7, 11) is 0. The molecule has 0 saturated heterocycles. The van der Waals surface area contributed by atoms with Crippen LogP contribution >= 0.6 is 0 Å². The maximum absolute atomic E-state index is 14.5. The molecule has 0 atom stereocenters. The van der Waals surface area contributed by atoms with E-state index < -0.39 is 40.8 Å². The van der Waals surface area contributed by atoms with E-state index in [0.717, 1.165) is 29.3 Å². The van der Waals surface area contributed by atoms with Crippen molar-refractivity contribution >= 4 is 11.6 Å². The SMILES string of the molecule is C/C=C(\C=C(\F)C=C(C)CC)C(=C/N(/C=C/CCC)/N=C(\C)c1cc(C(F)(F)F)cc(C(F)(F)F)c1)/C(N)=O. The van der Waals surface area contributed by atoms with Gasteiger partial charge in [-0.1, -0.05) is 38.0 Å². The highest BCUT2D eigenvalue weighted by atomic mass is 19.4. The zero-order valence-electron chi connectivity index (χ0n) is 22.3. The summed E-state index contributed by atoms with van der Waals surface area (Å²) in [4.78, 5) is 12.3. The Kier molecular flexibility index (Phi) is 12.4. The highest BCUT2D eigenvalue weighted by molar-refractivity contribution is 5.99. The highest BCUT2D eigenvalue weighted by Crippen LogP contribution is 2.36. The van der Waals surface area contributed by atoms with Gasteiger partial charge < -0.3 is 5.73 Å². The second-order valence-electron chi connectivity index (χ2n) is 8.56. The summed E-state index contributed by atoms with van der Waals surface area (Å²) in [6.45, 7) is 8.21. The van der Waals surface area contributed by atoms with Crippen molar-refractivity contribution in [3.8, 4) is 0 Å². The summed E-state index contributed by atoms with van der Waals surface area (Å²) < 4.78 is 94.5. The maximum atomic E-state index is 14.5. The summed E-state index contributed by atoms with van der Waals surface area (Å²) in [6.07, 6.45) is -0.239.